The highest BCUT2D eigenvalue weighted by molar-refractivity contribution is 6.21. The number of amides is 3. The van der Waals surface area contributed by atoms with Crippen LogP contribution in [-0.4, -0.2) is 39.7 Å². The molecular weight excluding hydrogens is 454 g/mol. The fraction of sp³-hybridized carbons (Fsp3) is 0.483. The first-order valence-corrected chi connectivity index (χ1v) is 12.9. The third-order valence-electron chi connectivity index (χ3n) is 7.93. The number of carbonyl (C=O) groups excluding carboxylic acids is 3. The van der Waals surface area contributed by atoms with Gasteiger partial charge in [0.1, 0.15) is 11.6 Å². The van der Waals surface area contributed by atoms with E-state index in [-0.39, 0.29) is 33.7 Å². The predicted molar refractivity (Wildman–Crippen MR) is 137 cm³/mol. The number of carbonyl (C=O) groups is 3. The van der Waals surface area contributed by atoms with Crippen LogP contribution in [-0.2, 0) is 10.8 Å². The van der Waals surface area contributed by atoms with Gasteiger partial charge in [-0.25, -0.2) is 5.17 Å². The number of fused-ring (bicyclic) bond motifs is 2. The molecule has 190 valence electrons. The summed E-state index contributed by atoms with van der Waals surface area (Å²) in [6.07, 6.45) is 2.81. The molecule has 0 radical (unpaired) electrons. The summed E-state index contributed by atoms with van der Waals surface area (Å²) in [5, 5.41) is 14.6. The minimum Gasteiger partial charge on any atom is -0.602 e. The van der Waals surface area contributed by atoms with Crippen LogP contribution in [0, 0.1) is 5.21 Å². The van der Waals surface area contributed by atoms with Crippen LogP contribution in [0.3, 0.4) is 0 Å². The van der Waals surface area contributed by atoms with Gasteiger partial charge in [0.05, 0.1) is 17.2 Å². The summed E-state index contributed by atoms with van der Waals surface area (Å²) in [4.78, 5) is 41.9. The van der Waals surface area contributed by atoms with Gasteiger partial charge in [0, 0.05) is 6.07 Å². The Hall–Kier alpha value is -3.03. The molecule has 3 aliphatic rings. The van der Waals surface area contributed by atoms with Crippen LogP contribution in [0.15, 0.2) is 36.4 Å². The largest absolute Gasteiger partial charge is 0.602 e. The standard InChI is InChI=1S/C29H35N3O4/c1-28(2,3)17-11-13-19-21(15-17)26(34)30(25(19)33)22-9-7-8-10-23(22)31-27(35)20-14-12-18(29(4,5)6)16-24(20)32(31)36/h11-16,22-23,32H,7-10H2,1-6H3. The summed E-state index contributed by atoms with van der Waals surface area (Å²) in [7, 11) is 0. The van der Waals surface area contributed by atoms with Gasteiger partial charge in [-0.15, -0.1) is 0 Å². The number of quaternary nitrogens is 1. The van der Waals surface area contributed by atoms with E-state index in [0.29, 0.717) is 35.2 Å². The maximum absolute atomic E-state index is 13.6. The van der Waals surface area contributed by atoms with E-state index in [9.17, 15) is 19.6 Å². The summed E-state index contributed by atoms with van der Waals surface area (Å²) in [6, 6.07) is 9.87. The lowest BCUT2D eigenvalue weighted by atomic mass is 9.85. The monoisotopic (exact) mass is 489 g/mol. The third kappa shape index (κ3) is 3.76. The molecule has 1 saturated carbocycles. The maximum atomic E-state index is 13.6. The van der Waals surface area contributed by atoms with Gasteiger partial charge in [-0.2, -0.15) is 5.01 Å². The first-order valence-electron chi connectivity index (χ1n) is 12.9. The second kappa shape index (κ2) is 8.25. The van der Waals surface area contributed by atoms with Crippen LogP contribution in [0.25, 0.3) is 0 Å². The number of benzene rings is 2. The zero-order chi connectivity index (χ0) is 26.2. The van der Waals surface area contributed by atoms with Crippen molar-refractivity contribution in [1.29, 1.82) is 0 Å². The number of hydrogen-bond donors (Lipinski definition) is 1. The molecule has 2 heterocycles. The molecule has 3 amide bonds. The van der Waals surface area contributed by atoms with E-state index >= 15 is 0 Å². The molecule has 2 aromatic rings. The summed E-state index contributed by atoms with van der Waals surface area (Å²) in [6.45, 7) is 12.4. The van der Waals surface area contributed by atoms with E-state index < -0.39 is 12.1 Å². The highest BCUT2D eigenvalue weighted by atomic mass is 16.6. The molecule has 7 nitrogen and oxygen atoms in total. The van der Waals surface area contributed by atoms with Gasteiger partial charge in [0.15, 0.2) is 5.69 Å². The molecule has 3 atom stereocenters. The summed E-state index contributed by atoms with van der Waals surface area (Å²) in [5.41, 5.74) is 3.27. The van der Waals surface area contributed by atoms with E-state index in [4.69, 9.17) is 0 Å². The van der Waals surface area contributed by atoms with E-state index in [1.165, 1.54) is 9.91 Å². The SMILES string of the molecule is CC(C)(C)c1ccc2c(c1)C(=O)N(C1CCCCC1N1C(=O)c3ccc(C(C)(C)C)cc3[NH+]1[O-])C2=O. The Labute approximate surface area is 212 Å². The highest BCUT2D eigenvalue weighted by Crippen LogP contribution is 2.37. The Morgan fingerprint density at radius 3 is 1.86 bits per heavy atom. The number of imide groups is 1. The Balaban J connectivity index is 1.49. The number of nitrogens with zero attached hydrogens (tertiary/aromatic N) is 2. The fourth-order valence-corrected chi connectivity index (χ4v) is 5.75. The van der Waals surface area contributed by atoms with Crippen LogP contribution in [0.1, 0.15) is 109 Å². The minimum absolute atomic E-state index is 0.161. The molecule has 36 heavy (non-hydrogen) atoms. The average Bonchev–Trinajstić information content (AvgIpc) is 3.21. The van der Waals surface area contributed by atoms with Crippen molar-refractivity contribution in [3.8, 4) is 0 Å². The highest BCUT2D eigenvalue weighted by Gasteiger charge is 2.50. The Morgan fingerprint density at radius 1 is 0.722 bits per heavy atom. The summed E-state index contributed by atoms with van der Waals surface area (Å²) >= 11 is 0. The normalized spacial score (nSPS) is 24.4. The van der Waals surface area contributed by atoms with E-state index in [1.807, 2.05) is 24.3 Å². The van der Waals surface area contributed by atoms with Crippen molar-refractivity contribution in [1.82, 2.24) is 9.91 Å². The van der Waals surface area contributed by atoms with Crippen LogP contribution >= 0.6 is 0 Å². The zero-order valence-corrected chi connectivity index (χ0v) is 22.0. The van der Waals surface area contributed by atoms with Crippen LogP contribution < -0.4 is 5.17 Å². The lowest BCUT2D eigenvalue weighted by molar-refractivity contribution is -0.896. The molecule has 1 aliphatic carbocycles. The molecular formula is C29H35N3O4. The molecule has 5 rings (SSSR count). The van der Waals surface area contributed by atoms with Gasteiger partial charge >= 0.3 is 5.91 Å². The number of nitrogens with one attached hydrogen (secondary N) is 1. The molecule has 1 fully saturated rings. The summed E-state index contributed by atoms with van der Waals surface area (Å²) < 4.78 is 0. The van der Waals surface area contributed by atoms with Crippen molar-refractivity contribution in [3.05, 3.63) is 69.4 Å². The van der Waals surface area contributed by atoms with Gasteiger partial charge in [0.2, 0.25) is 0 Å². The van der Waals surface area contributed by atoms with Crippen LogP contribution in [0.2, 0.25) is 0 Å². The molecule has 7 heteroatoms. The zero-order valence-electron chi connectivity index (χ0n) is 22.0. The maximum Gasteiger partial charge on any atom is 0.305 e. The van der Waals surface area contributed by atoms with Gasteiger partial charge in [-0.3, -0.25) is 19.3 Å². The minimum atomic E-state index is -0.534. The van der Waals surface area contributed by atoms with Gasteiger partial charge in [-0.05, 0) is 53.0 Å². The molecule has 2 aliphatic heterocycles. The Bertz CT molecular complexity index is 1270. The molecule has 3 unspecified atom stereocenters. The average molecular weight is 490 g/mol. The lowest BCUT2D eigenvalue weighted by Crippen LogP contribution is -3.09. The second-order valence-electron chi connectivity index (χ2n) is 12.4. The van der Waals surface area contributed by atoms with Gasteiger partial charge in [-0.1, -0.05) is 66.5 Å². The Morgan fingerprint density at radius 2 is 1.25 bits per heavy atom. The number of rotatable bonds is 2. The molecule has 2 aromatic carbocycles. The predicted octanol–water partition coefficient (Wildman–Crippen LogP) is 4.27. The summed E-state index contributed by atoms with van der Waals surface area (Å²) in [5.74, 6) is -0.998. The number of hydrogen-bond acceptors (Lipinski definition) is 4. The molecule has 1 N–H and O–H groups in total. The van der Waals surface area contributed by atoms with Crippen molar-refractivity contribution in [2.75, 3.05) is 0 Å². The van der Waals surface area contributed by atoms with Crippen LogP contribution in [0.4, 0.5) is 5.69 Å². The van der Waals surface area contributed by atoms with Crippen molar-refractivity contribution in [2.24, 2.45) is 0 Å². The van der Waals surface area contributed by atoms with E-state index in [0.717, 1.165) is 24.0 Å². The van der Waals surface area contributed by atoms with E-state index in [2.05, 4.69) is 41.5 Å². The first-order chi connectivity index (χ1) is 16.8. The third-order valence-corrected chi connectivity index (χ3v) is 7.93. The fourth-order valence-electron chi connectivity index (χ4n) is 5.75. The molecule has 0 bridgehead atoms. The van der Waals surface area contributed by atoms with Crippen LogP contribution in [0.5, 0.6) is 0 Å². The van der Waals surface area contributed by atoms with Gasteiger partial charge < -0.3 is 5.21 Å². The molecule has 0 aromatic heterocycles. The van der Waals surface area contributed by atoms with Crippen molar-refractivity contribution < 1.29 is 19.6 Å². The quantitative estimate of drug-likeness (QED) is 0.504. The van der Waals surface area contributed by atoms with Crippen molar-refractivity contribution in [3.63, 3.8) is 0 Å². The van der Waals surface area contributed by atoms with Crippen molar-refractivity contribution >= 4 is 23.4 Å². The van der Waals surface area contributed by atoms with E-state index in [1.54, 1.807) is 12.1 Å². The van der Waals surface area contributed by atoms with Gasteiger partial charge in [0.25, 0.3) is 11.8 Å². The first kappa shape index (κ1) is 24.7. The topological polar surface area (TPSA) is 85.2 Å². The second-order valence-corrected chi connectivity index (χ2v) is 12.4. The van der Waals surface area contributed by atoms with Crippen molar-refractivity contribution in [2.45, 2.75) is 90.1 Å². The molecule has 0 spiro atoms. The Kier molecular flexibility index (Phi) is 5.65. The molecule has 0 saturated heterocycles. The smallest absolute Gasteiger partial charge is 0.305 e. The lowest BCUT2D eigenvalue weighted by Gasteiger charge is -2.42.